The van der Waals surface area contributed by atoms with Crippen molar-refractivity contribution in [2.45, 2.75) is 26.4 Å². The maximum atomic E-state index is 14.0. The smallest absolute Gasteiger partial charge is 0.272 e. The first kappa shape index (κ1) is 22.1. The van der Waals surface area contributed by atoms with Crippen molar-refractivity contribution in [3.63, 3.8) is 0 Å². The number of amides is 1. The lowest BCUT2D eigenvalue weighted by atomic mass is 10.1. The molecule has 0 saturated carbocycles. The van der Waals surface area contributed by atoms with Crippen LogP contribution < -0.4 is 10.1 Å². The van der Waals surface area contributed by atoms with Crippen LogP contribution >= 0.6 is 0 Å². The van der Waals surface area contributed by atoms with E-state index < -0.39 is 57.6 Å². The highest BCUT2D eigenvalue weighted by atomic mass is 19.2. The molecule has 0 aliphatic rings. The number of aryl methyl sites for hydroxylation is 1. The van der Waals surface area contributed by atoms with Crippen LogP contribution in [-0.4, -0.2) is 28.1 Å². The van der Waals surface area contributed by atoms with E-state index in [0.717, 1.165) is 19.9 Å². The topological polar surface area (TPSA) is 102 Å². The van der Waals surface area contributed by atoms with Crippen molar-refractivity contribution < 1.29 is 37.1 Å². The fourth-order valence-electron chi connectivity index (χ4n) is 2.33. The predicted molar refractivity (Wildman–Crippen MR) is 93.6 cm³/mol. The lowest BCUT2D eigenvalue weighted by Crippen LogP contribution is -2.45. The molecule has 0 heterocycles. The average Bonchev–Trinajstić information content (AvgIpc) is 2.64. The quantitative estimate of drug-likeness (QED) is 0.247. The fraction of sp³-hybridized carbons (Fsp3) is 0.278. The van der Waals surface area contributed by atoms with Gasteiger partial charge in [-0.05, 0) is 32.9 Å². The van der Waals surface area contributed by atoms with Crippen molar-refractivity contribution in [3.05, 3.63) is 62.7 Å². The molecule has 0 bridgehead atoms. The summed E-state index contributed by atoms with van der Waals surface area (Å²) >= 11 is 0. The summed E-state index contributed by atoms with van der Waals surface area (Å²) in [5.41, 5.74) is -3.00. The van der Waals surface area contributed by atoms with Gasteiger partial charge in [0.15, 0.2) is 28.8 Å². The summed E-state index contributed by atoms with van der Waals surface area (Å²) in [5.74, 6) is -9.46. The summed E-state index contributed by atoms with van der Waals surface area (Å²) in [7, 11) is 0. The molecule has 0 aliphatic heterocycles. The van der Waals surface area contributed by atoms with Crippen molar-refractivity contribution in [2.24, 2.45) is 0 Å². The number of rotatable bonds is 6. The van der Waals surface area contributed by atoms with Gasteiger partial charge in [0.05, 0.1) is 4.92 Å². The van der Waals surface area contributed by atoms with Crippen molar-refractivity contribution >= 4 is 17.3 Å². The lowest BCUT2D eigenvalue weighted by Gasteiger charge is -2.23. The van der Waals surface area contributed by atoms with E-state index in [4.69, 9.17) is 4.74 Å². The van der Waals surface area contributed by atoms with E-state index in [-0.39, 0.29) is 16.9 Å². The molecule has 29 heavy (non-hydrogen) atoms. The zero-order valence-corrected chi connectivity index (χ0v) is 15.5. The minimum atomic E-state index is -2.34. The molecular formula is C18H16F4N2O5. The first-order valence-electron chi connectivity index (χ1n) is 8.11. The van der Waals surface area contributed by atoms with Gasteiger partial charge in [0.25, 0.3) is 11.6 Å². The third-order valence-corrected chi connectivity index (χ3v) is 4.08. The summed E-state index contributed by atoms with van der Waals surface area (Å²) in [6.07, 6.45) is 0. The Labute approximate surface area is 162 Å². The number of carbonyl (C=O) groups is 1. The fourth-order valence-corrected chi connectivity index (χ4v) is 2.33. The maximum absolute atomic E-state index is 14.0. The minimum Gasteiger partial charge on any atom is -0.484 e. The van der Waals surface area contributed by atoms with Gasteiger partial charge in [-0.2, -0.15) is 4.39 Å². The molecule has 0 spiro atoms. The van der Waals surface area contributed by atoms with E-state index in [9.17, 15) is 37.6 Å². The highest BCUT2D eigenvalue weighted by Gasteiger charge is 2.34. The molecule has 11 heteroatoms. The summed E-state index contributed by atoms with van der Waals surface area (Å²) in [6, 6.07) is 3.65. The van der Waals surface area contributed by atoms with Gasteiger partial charge in [0.1, 0.15) is 6.61 Å². The second kappa shape index (κ2) is 8.03. The molecule has 2 rings (SSSR count). The first-order valence-corrected chi connectivity index (χ1v) is 8.11. The molecule has 0 saturated heterocycles. The molecule has 0 aliphatic carbocycles. The zero-order chi connectivity index (χ0) is 22.1. The second-order valence-corrected chi connectivity index (χ2v) is 6.49. The number of aliphatic hydroxyl groups is 1. The monoisotopic (exact) mass is 416 g/mol. The van der Waals surface area contributed by atoms with Crippen LogP contribution in [0.4, 0.5) is 28.9 Å². The van der Waals surface area contributed by atoms with Gasteiger partial charge in [0, 0.05) is 22.9 Å². The number of anilines is 1. The highest BCUT2D eigenvalue weighted by Crippen LogP contribution is 2.30. The maximum Gasteiger partial charge on any atom is 0.272 e. The Morgan fingerprint density at radius 3 is 2.34 bits per heavy atom. The largest absolute Gasteiger partial charge is 0.484 e. The van der Waals surface area contributed by atoms with Gasteiger partial charge in [-0.25, -0.2) is 13.2 Å². The molecule has 7 nitrogen and oxygen atoms in total. The number of nitro groups is 1. The van der Waals surface area contributed by atoms with Crippen LogP contribution in [0.25, 0.3) is 0 Å². The number of hydrogen-bond acceptors (Lipinski definition) is 5. The number of carbonyl (C=O) groups excluding carboxylic acids is 1. The van der Waals surface area contributed by atoms with Crippen LogP contribution in [-0.2, 0) is 4.79 Å². The summed E-state index contributed by atoms with van der Waals surface area (Å²) < 4.78 is 59.2. The van der Waals surface area contributed by atoms with Gasteiger partial charge in [-0.15, -0.1) is 0 Å². The number of nitrogens with one attached hydrogen (secondary N) is 1. The Hall–Kier alpha value is -3.21. The molecule has 156 valence electrons. The van der Waals surface area contributed by atoms with Crippen molar-refractivity contribution in [2.75, 3.05) is 11.9 Å². The summed E-state index contributed by atoms with van der Waals surface area (Å²) in [5, 5.41) is 23.3. The average molecular weight is 416 g/mol. The molecule has 1 amide bonds. The van der Waals surface area contributed by atoms with Crippen LogP contribution in [0.5, 0.6) is 5.75 Å². The number of hydrogen-bond donors (Lipinski definition) is 2. The van der Waals surface area contributed by atoms with E-state index >= 15 is 0 Å². The first-order chi connectivity index (χ1) is 13.4. The van der Waals surface area contributed by atoms with E-state index in [1.54, 1.807) is 0 Å². The summed E-state index contributed by atoms with van der Waals surface area (Å²) in [4.78, 5) is 22.4. The van der Waals surface area contributed by atoms with E-state index in [1.165, 1.54) is 19.1 Å². The van der Waals surface area contributed by atoms with Gasteiger partial charge in [-0.1, -0.05) is 0 Å². The Balaban J connectivity index is 2.17. The van der Waals surface area contributed by atoms with Crippen molar-refractivity contribution in [3.8, 4) is 5.75 Å². The number of benzene rings is 2. The van der Waals surface area contributed by atoms with Crippen molar-refractivity contribution in [1.82, 2.24) is 0 Å². The second-order valence-electron chi connectivity index (χ2n) is 6.49. The molecule has 2 aromatic rings. The summed E-state index contributed by atoms with van der Waals surface area (Å²) in [6.45, 7) is 2.26. The Bertz CT molecular complexity index is 966. The molecule has 2 aromatic carbocycles. The van der Waals surface area contributed by atoms with Crippen molar-refractivity contribution in [1.29, 1.82) is 0 Å². The Morgan fingerprint density at radius 2 is 1.79 bits per heavy atom. The number of nitro benzene ring substituents is 1. The van der Waals surface area contributed by atoms with Gasteiger partial charge in [-0.3, -0.25) is 14.9 Å². The molecule has 0 radical (unpaired) electrons. The SMILES string of the molecule is Cc1cc(NC(=O)[C@@](C)(O)COc2c(F)c(C)c(F)c(F)c2F)ccc1[N+](=O)[O-]. The van der Waals surface area contributed by atoms with Crippen LogP contribution in [0.2, 0.25) is 0 Å². The molecule has 0 aromatic heterocycles. The van der Waals surface area contributed by atoms with Gasteiger partial charge < -0.3 is 15.2 Å². The number of ether oxygens (including phenoxy) is 1. The van der Waals surface area contributed by atoms with Crippen LogP contribution in [0.3, 0.4) is 0 Å². The number of halogens is 4. The molecule has 1 atom stereocenters. The highest BCUT2D eigenvalue weighted by molar-refractivity contribution is 5.97. The third kappa shape index (κ3) is 4.45. The molecule has 0 unspecified atom stereocenters. The lowest BCUT2D eigenvalue weighted by molar-refractivity contribution is -0.385. The zero-order valence-electron chi connectivity index (χ0n) is 15.5. The van der Waals surface area contributed by atoms with E-state index in [2.05, 4.69) is 5.32 Å². The molecule has 2 N–H and O–H groups in total. The van der Waals surface area contributed by atoms with Gasteiger partial charge >= 0.3 is 0 Å². The number of nitrogens with zero attached hydrogens (tertiary/aromatic N) is 1. The standard InChI is InChI=1S/C18H16F4N2O5/c1-8-6-10(4-5-11(8)24(27)28)23-17(25)18(3,26)7-29-16-13(20)9(2)12(19)14(21)15(16)22/h4-6,26H,7H2,1-3H3,(H,23,25)/t18-/m0/s1. The molecular weight excluding hydrogens is 400 g/mol. The van der Waals surface area contributed by atoms with E-state index in [0.29, 0.717) is 0 Å². The van der Waals surface area contributed by atoms with Crippen LogP contribution in [0.1, 0.15) is 18.1 Å². The van der Waals surface area contributed by atoms with Crippen LogP contribution in [0, 0.1) is 47.2 Å². The van der Waals surface area contributed by atoms with Gasteiger partial charge in [0.2, 0.25) is 5.82 Å². The van der Waals surface area contributed by atoms with E-state index in [1.807, 2.05) is 0 Å². The van der Waals surface area contributed by atoms with Crippen LogP contribution in [0.15, 0.2) is 18.2 Å². The third-order valence-electron chi connectivity index (χ3n) is 4.08. The normalized spacial score (nSPS) is 13.0. The minimum absolute atomic E-state index is 0.111. The Kier molecular flexibility index (Phi) is 6.12. The molecule has 0 fully saturated rings. The Morgan fingerprint density at radius 1 is 1.17 bits per heavy atom. The predicted octanol–water partition coefficient (Wildman–Crippen LogP) is 3.54.